The van der Waals surface area contributed by atoms with Gasteiger partial charge in [0.15, 0.2) is 0 Å². The Balaban J connectivity index is 1.68. The summed E-state index contributed by atoms with van der Waals surface area (Å²) >= 11 is 0. The molecule has 1 fully saturated rings. The predicted molar refractivity (Wildman–Crippen MR) is 87.2 cm³/mol. The van der Waals surface area contributed by atoms with Gasteiger partial charge in [-0.25, -0.2) is 8.78 Å². The van der Waals surface area contributed by atoms with E-state index in [2.05, 4.69) is 5.10 Å². The number of carbonyl (C=O) groups excluding carboxylic acids is 1. The molecule has 4 nitrogen and oxygen atoms in total. The molecule has 1 aliphatic rings. The number of halogens is 2. The van der Waals surface area contributed by atoms with Crippen LogP contribution in [0.25, 0.3) is 6.08 Å². The number of carbonyl (C=O) groups is 1. The number of rotatable bonds is 3. The monoisotopic (exact) mass is 331 g/mol. The molecule has 0 radical (unpaired) electrons. The highest BCUT2D eigenvalue weighted by molar-refractivity contribution is 5.91. The van der Waals surface area contributed by atoms with Crippen molar-refractivity contribution in [2.75, 3.05) is 13.1 Å². The van der Waals surface area contributed by atoms with Crippen molar-refractivity contribution < 1.29 is 13.6 Å². The number of hydrogen-bond donors (Lipinski definition) is 0. The Morgan fingerprint density at radius 1 is 1.33 bits per heavy atom. The van der Waals surface area contributed by atoms with E-state index < -0.39 is 11.6 Å². The zero-order chi connectivity index (χ0) is 17.1. The van der Waals surface area contributed by atoms with E-state index in [1.165, 1.54) is 12.2 Å². The summed E-state index contributed by atoms with van der Waals surface area (Å²) < 4.78 is 28.5. The van der Waals surface area contributed by atoms with Crippen LogP contribution < -0.4 is 0 Å². The molecule has 24 heavy (non-hydrogen) atoms. The van der Waals surface area contributed by atoms with Gasteiger partial charge in [-0.2, -0.15) is 5.10 Å². The number of aryl methyl sites for hydroxylation is 1. The maximum atomic E-state index is 13.6. The fraction of sp³-hybridized carbons (Fsp3) is 0.333. The first kappa shape index (κ1) is 16.4. The van der Waals surface area contributed by atoms with Crippen molar-refractivity contribution in [2.24, 2.45) is 7.05 Å². The first-order valence-corrected chi connectivity index (χ1v) is 7.94. The number of aromatic nitrogens is 2. The highest BCUT2D eigenvalue weighted by Crippen LogP contribution is 2.25. The molecular weight excluding hydrogens is 312 g/mol. The molecule has 1 aromatic carbocycles. The van der Waals surface area contributed by atoms with E-state index in [1.807, 2.05) is 19.3 Å². The highest BCUT2D eigenvalue weighted by atomic mass is 19.1. The molecule has 126 valence electrons. The van der Waals surface area contributed by atoms with Crippen LogP contribution in [-0.4, -0.2) is 33.7 Å². The summed E-state index contributed by atoms with van der Waals surface area (Å²) in [7, 11) is 1.87. The fourth-order valence-electron chi connectivity index (χ4n) is 2.98. The summed E-state index contributed by atoms with van der Waals surface area (Å²) in [6.07, 6.45) is 6.41. The topological polar surface area (TPSA) is 38.1 Å². The van der Waals surface area contributed by atoms with Gasteiger partial charge in [-0.3, -0.25) is 9.48 Å². The Bertz CT molecular complexity index is 769. The Morgan fingerprint density at radius 2 is 2.17 bits per heavy atom. The van der Waals surface area contributed by atoms with Crippen LogP contribution in [-0.2, 0) is 11.8 Å². The van der Waals surface area contributed by atoms with Crippen molar-refractivity contribution in [3.8, 4) is 0 Å². The third-order valence-corrected chi connectivity index (χ3v) is 4.25. The molecule has 1 aromatic heterocycles. The van der Waals surface area contributed by atoms with Crippen LogP contribution in [0.2, 0.25) is 0 Å². The first-order chi connectivity index (χ1) is 11.5. The van der Waals surface area contributed by atoms with Crippen LogP contribution in [0.4, 0.5) is 8.78 Å². The van der Waals surface area contributed by atoms with E-state index >= 15 is 0 Å². The zero-order valence-electron chi connectivity index (χ0n) is 13.5. The molecule has 1 aliphatic heterocycles. The minimum Gasteiger partial charge on any atom is -0.338 e. The van der Waals surface area contributed by atoms with Crippen molar-refractivity contribution in [3.05, 3.63) is 59.4 Å². The molecule has 1 atom stereocenters. The summed E-state index contributed by atoms with van der Waals surface area (Å²) in [6.45, 7) is 1.25. The first-order valence-electron chi connectivity index (χ1n) is 7.94. The van der Waals surface area contributed by atoms with E-state index in [9.17, 15) is 13.6 Å². The number of amides is 1. The largest absolute Gasteiger partial charge is 0.338 e. The molecule has 2 heterocycles. The summed E-state index contributed by atoms with van der Waals surface area (Å²) in [5.41, 5.74) is 1.05. The second kappa shape index (κ2) is 6.95. The van der Waals surface area contributed by atoms with Crippen LogP contribution in [0.1, 0.15) is 30.0 Å². The number of nitrogens with zero attached hydrogens (tertiary/aromatic N) is 3. The lowest BCUT2D eigenvalue weighted by Crippen LogP contribution is -2.38. The van der Waals surface area contributed by atoms with Crippen molar-refractivity contribution in [1.29, 1.82) is 0 Å². The highest BCUT2D eigenvalue weighted by Gasteiger charge is 2.25. The molecule has 0 aliphatic carbocycles. The van der Waals surface area contributed by atoms with Crippen LogP contribution in [0.15, 0.2) is 36.5 Å². The lowest BCUT2D eigenvalue weighted by molar-refractivity contribution is -0.127. The zero-order valence-corrected chi connectivity index (χ0v) is 13.5. The van der Waals surface area contributed by atoms with E-state index in [0.29, 0.717) is 13.1 Å². The predicted octanol–water partition coefficient (Wildman–Crippen LogP) is 3.12. The van der Waals surface area contributed by atoms with Gasteiger partial charge < -0.3 is 4.90 Å². The van der Waals surface area contributed by atoms with Gasteiger partial charge in [-0.15, -0.1) is 0 Å². The SMILES string of the molecule is Cn1ccc([C@H]2CCCN(C(=O)/C=C/c3cc(F)ccc3F)C2)n1. The maximum absolute atomic E-state index is 13.6. The van der Waals surface area contributed by atoms with Crippen LogP contribution in [0.5, 0.6) is 0 Å². The quantitative estimate of drug-likeness (QED) is 0.811. The smallest absolute Gasteiger partial charge is 0.246 e. The Morgan fingerprint density at radius 3 is 2.92 bits per heavy atom. The van der Waals surface area contributed by atoms with Crippen molar-refractivity contribution in [1.82, 2.24) is 14.7 Å². The number of piperidine rings is 1. The van der Waals surface area contributed by atoms with Crippen molar-refractivity contribution >= 4 is 12.0 Å². The average molecular weight is 331 g/mol. The minimum atomic E-state index is -0.551. The molecule has 0 spiro atoms. The lowest BCUT2D eigenvalue weighted by Gasteiger charge is -2.31. The summed E-state index contributed by atoms with van der Waals surface area (Å²) in [6, 6.07) is 5.15. The second-order valence-corrected chi connectivity index (χ2v) is 6.04. The number of benzene rings is 1. The average Bonchev–Trinajstić information content (AvgIpc) is 3.02. The molecule has 6 heteroatoms. The normalized spacial score (nSPS) is 18.3. The molecule has 3 rings (SSSR count). The van der Waals surface area contributed by atoms with Crippen molar-refractivity contribution in [2.45, 2.75) is 18.8 Å². The van der Waals surface area contributed by atoms with E-state index in [0.717, 1.165) is 36.7 Å². The second-order valence-electron chi connectivity index (χ2n) is 6.04. The molecular formula is C18H19F2N3O. The fourth-order valence-corrected chi connectivity index (χ4v) is 2.98. The van der Waals surface area contributed by atoms with Gasteiger partial charge in [0, 0.05) is 43.9 Å². The molecule has 0 bridgehead atoms. The van der Waals surface area contributed by atoms with Crippen LogP contribution in [0.3, 0.4) is 0 Å². The Labute approximate surface area is 139 Å². The van der Waals surface area contributed by atoms with Gasteiger partial charge in [0.2, 0.25) is 5.91 Å². The molecule has 1 saturated heterocycles. The van der Waals surface area contributed by atoms with E-state index in [-0.39, 0.29) is 17.4 Å². The number of likely N-dealkylation sites (tertiary alicyclic amines) is 1. The van der Waals surface area contributed by atoms with Crippen LogP contribution in [0, 0.1) is 11.6 Å². The van der Waals surface area contributed by atoms with Crippen LogP contribution >= 0.6 is 0 Å². The minimum absolute atomic E-state index is 0.0710. The van der Waals surface area contributed by atoms with Gasteiger partial charge in [0.05, 0.1) is 5.69 Å². The van der Waals surface area contributed by atoms with E-state index in [4.69, 9.17) is 0 Å². The molecule has 0 N–H and O–H groups in total. The Hall–Kier alpha value is -2.50. The Kier molecular flexibility index (Phi) is 4.74. The number of hydrogen-bond acceptors (Lipinski definition) is 2. The molecule has 0 unspecified atom stereocenters. The van der Waals surface area contributed by atoms with Gasteiger partial charge in [0.25, 0.3) is 0 Å². The maximum Gasteiger partial charge on any atom is 0.246 e. The van der Waals surface area contributed by atoms with Gasteiger partial charge >= 0.3 is 0 Å². The summed E-state index contributed by atoms with van der Waals surface area (Å²) in [5, 5.41) is 4.41. The standard InChI is InChI=1S/C18H19F2N3O/c1-22-10-8-17(21-22)14-3-2-9-23(12-14)18(24)7-4-13-11-15(19)5-6-16(13)20/h4-8,10-11,14H,2-3,9,12H2,1H3/b7-4+/t14-/m0/s1. The summed E-state index contributed by atoms with van der Waals surface area (Å²) in [5.74, 6) is -1.07. The molecule has 2 aromatic rings. The summed E-state index contributed by atoms with van der Waals surface area (Å²) in [4.78, 5) is 14.1. The van der Waals surface area contributed by atoms with Crippen molar-refractivity contribution in [3.63, 3.8) is 0 Å². The third-order valence-electron chi connectivity index (χ3n) is 4.25. The van der Waals surface area contributed by atoms with Gasteiger partial charge in [-0.05, 0) is 43.2 Å². The molecule has 1 amide bonds. The molecule has 0 saturated carbocycles. The lowest BCUT2D eigenvalue weighted by atomic mass is 9.95. The van der Waals surface area contributed by atoms with E-state index in [1.54, 1.807) is 9.58 Å². The van der Waals surface area contributed by atoms with Gasteiger partial charge in [0.1, 0.15) is 11.6 Å². The van der Waals surface area contributed by atoms with Gasteiger partial charge in [-0.1, -0.05) is 0 Å². The third kappa shape index (κ3) is 3.69.